The Balaban J connectivity index is 0.00000769. The number of amides is 1. The molecule has 2 aromatic heterocycles. The molecule has 3 fully saturated rings. The molecule has 2 N–H and O–H groups in total. The molecule has 3 aliphatic heterocycles. The van der Waals surface area contributed by atoms with E-state index in [4.69, 9.17) is 23.7 Å². The molecular weight excluding hydrogens is 765 g/mol. The summed E-state index contributed by atoms with van der Waals surface area (Å²) >= 11 is 0. The lowest BCUT2D eigenvalue weighted by Gasteiger charge is -2.45. The summed E-state index contributed by atoms with van der Waals surface area (Å²) in [6, 6.07) is 4.26. The van der Waals surface area contributed by atoms with Crippen molar-refractivity contribution in [2.24, 2.45) is 5.92 Å². The largest absolute Gasteiger partial charge is 0.455 e. The molecule has 3 saturated heterocycles. The van der Waals surface area contributed by atoms with Crippen LogP contribution in [0.1, 0.15) is 94.4 Å². The molecule has 0 aromatic carbocycles. The summed E-state index contributed by atoms with van der Waals surface area (Å²) in [7, 11) is 5.19. The topological polar surface area (TPSA) is 180 Å². The first-order chi connectivity index (χ1) is 27.3. The van der Waals surface area contributed by atoms with Crippen molar-refractivity contribution in [3.05, 3.63) is 30.6 Å². The first-order valence-electron chi connectivity index (χ1n) is 20.5. The number of alkyl halides is 1. The number of esters is 1. The summed E-state index contributed by atoms with van der Waals surface area (Å²) < 4.78 is 49.0. The zero-order valence-corrected chi connectivity index (χ0v) is 35.7. The Morgan fingerprint density at radius 1 is 1.08 bits per heavy atom. The molecule has 2 aromatic rings. The average Bonchev–Trinajstić information content (AvgIpc) is 3.76. The predicted molar refractivity (Wildman–Crippen MR) is 218 cm³/mol. The van der Waals surface area contributed by atoms with Crippen LogP contribution in [0.3, 0.4) is 0 Å². The summed E-state index contributed by atoms with van der Waals surface area (Å²) in [5.74, 6) is -2.57. The Bertz CT molecular complexity index is 1700. The number of pyridine rings is 1. The quantitative estimate of drug-likeness (QED) is 0.183. The van der Waals surface area contributed by atoms with Crippen molar-refractivity contribution < 1.29 is 47.6 Å². The van der Waals surface area contributed by atoms with E-state index in [-0.39, 0.29) is 38.0 Å². The molecule has 3 aliphatic rings. The molecule has 0 spiro atoms. The summed E-state index contributed by atoms with van der Waals surface area (Å²) in [6.07, 6.45) is -0.0233. The van der Waals surface area contributed by atoms with Gasteiger partial charge in [0.25, 0.3) is 5.67 Å². The molecule has 1 amide bonds. The Labute approximate surface area is 348 Å². The van der Waals surface area contributed by atoms with Gasteiger partial charge in [-0.3, -0.25) is 19.4 Å². The van der Waals surface area contributed by atoms with Gasteiger partial charge in [0.2, 0.25) is 0 Å². The van der Waals surface area contributed by atoms with Crippen LogP contribution in [-0.4, -0.2) is 153 Å². The van der Waals surface area contributed by atoms with Crippen molar-refractivity contribution in [1.29, 1.82) is 0 Å². The van der Waals surface area contributed by atoms with Crippen LogP contribution >= 0.6 is 0 Å². The van der Waals surface area contributed by atoms with Crippen LogP contribution in [0.25, 0.3) is 11.4 Å². The molecular formula is C42H68FN7O9. The second kappa shape index (κ2) is 19.8. The molecule has 12 atom stereocenters. The van der Waals surface area contributed by atoms with Crippen LogP contribution in [0.2, 0.25) is 0 Å². The fraction of sp³-hybridized carbons (Fsp3) is 0.762. The van der Waals surface area contributed by atoms with Crippen LogP contribution in [-0.2, 0) is 39.8 Å². The van der Waals surface area contributed by atoms with Crippen LogP contribution in [0.4, 0.5) is 9.18 Å². The molecule has 0 aliphatic carbocycles. The number of fused-ring (bicyclic) bond motifs is 1. The molecule has 4 unspecified atom stereocenters. The number of cyclic esters (lactones) is 1. The number of hydrogen-bond donors (Lipinski definition) is 2. The number of Topliss-reactive ketones (excluding diaryl/α,β-unsaturated/α-hetero) is 1. The molecule has 0 saturated carbocycles. The minimum atomic E-state index is -3.10. The van der Waals surface area contributed by atoms with E-state index >= 15 is 4.39 Å². The highest BCUT2D eigenvalue weighted by Gasteiger charge is 2.59. The van der Waals surface area contributed by atoms with Crippen molar-refractivity contribution in [2.75, 3.05) is 34.3 Å². The number of aryl methyl sites for hydroxylation is 1. The third-order valence-electron chi connectivity index (χ3n) is 12.2. The number of methoxy groups -OCH3 is 1. The highest BCUT2D eigenvalue weighted by atomic mass is 19.1. The lowest BCUT2D eigenvalue weighted by atomic mass is 9.83. The van der Waals surface area contributed by atoms with E-state index in [0.717, 1.165) is 12.6 Å². The maximum Gasteiger partial charge on any atom is 0.410 e. The summed E-state index contributed by atoms with van der Waals surface area (Å²) in [6.45, 7) is 13.3. The van der Waals surface area contributed by atoms with Gasteiger partial charge in [-0.1, -0.05) is 32.6 Å². The van der Waals surface area contributed by atoms with Crippen LogP contribution in [0.15, 0.2) is 30.6 Å². The smallest absolute Gasteiger partial charge is 0.410 e. The van der Waals surface area contributed by atoms with Crippen molar-refractivity contribution in [3.8, 4) is 11.4 Å². The number of unbranched alkanes of at least 4 members (excludes halogenated alkanes) is 1. The van der Waals surface area contributed by atoms with Crippen LogP contribution < -0.4 is 5.32 Å². The number of likely N-dealkylation sites (N-methyl/N-ethyl adjacent to an activating group) is 1. The Morgan fingerprint density at radius 3 is 2.44 bits per heavy atom. The molecule has 16 nitrogen and oxygen atoms in total. The molecule has 0 radical (unpaired) electrons. The highest BCUT2D eigenvalue weighted by molar-refractivity contribution is 6.07. The van der Waals surface area contributed by atoms with Crippen LogP contribution in [0.5, 0.6) is 0 Å². The van der Waals surface area contributed by atoms with E-state index in [1.165, 1.54) is 7.11 Å². The minimum Gasteiger partial charge on any atom is -0.455 e. The van der Waals surface area contributed by atoms with Gasteiger partial charge in [-0.05, 0) is 105 Å². The monoisotopic (exact) mass is 834 g/mol. The first kappa shape index (κ1) is 48.1. The Kier molecular flexibility index (Phi) is 16.2. The fourth-order valence-electron chi connectivity index (χ4n) is 8.73. The number of carbonyl (C=O) groups excluding carboxylic acids is 3. The Hall–Kier alpha value is -3.61. The molecule has 59 heavy (non-hydrogen) atoms. The third kappa shape index (κ3) is 10.7. The number of hydrogen-bond acceptors (Lipinski definition) is 14. The van der Waals surface area contributed by atoms with Gasteiger partial charge in [-0.2, -0.15) is 0 Å². The third-order valence-corrected chi connectivity index (χ3v) is 12.2. The second-order valence-electron chi connectivity index (χ2n) is 17.1. The van der Waals surface area contributed by atoms with Crippen LogP contribution in [0, 0.1) is 5.92 Å². The van der Waals surface area contributed by atoms with E-state index in [9.17, 15) is 19.5 Å². The second-order valence-corrected chi connectivity index (χ2v) is 17.1. The number of ether oxygens (including phenoxy) is 5. The van der Waals surface area contributed by atoms with E-state index < -0.39 is 71.8 Å². The van der Waals surface area contributed by atoms with Gasteiger partial charge in [-0.25, -0.2) is 14.0 Å². The molecule has 17 heteroatoms. The van der Waals surface area contributed by atoms with Gasteiger partial charge in [0.05, 0.1) is 35.7 Å². The lowest BCUT2D eigenvalue weighted by molar-refractivity contribution is -0.289. The number of ketones is 1. The Morgan fingerprint density at radius 2 is 1.80 bits per heavy atom. The number of carbonyl (C=O) groups is 3. The number of aromatic nitrogens is 4. The fourth-order valence-corrected chi connectivity index (χ4v) is 8.73. The maximum absolute atomic E-state index is 16.7. The molecule has 0 bridgehead atoms. The van der Waals surface area contributed by atoms with E-state index in [2.05, 4.69) is 20.6 Å². The van der Waals surface area contributed by atoms with E-state index in [0.29, 0.717) is 51.0 Å². The zero-order valence-electron chi connectivity index (χ0n) is 35.7. The minimum absolute atomic E-state index is 0. The van der Waals surface area contributed by atoms with E-state index in [1.54, 1.807) is 36.5 Å². The van der Waals surface area contributed by atoms with Gasteiger partial charge in [-0.15, -0.1) is 5.10 Å². The zero-order chi connectivity index (χ0) is 42.6. The highest BCUT2D eigenvalue weighted by Crippen LogP contribution is 2.40. The number of aliphatic hydroxyl groups excluding tert-OH is 1. The summed E-state index contributed by atoms with van der Waals surface area (Å²) in [4.78, 5) is 49.4. The van der Waals surface area contributed by atoms with Crippen molar-refractivity contribution >= 4 is 17.8 Å². The normalized spacial score (nSPS) is 36.3. The summed E-state index contributed by atoms with van der Waals surface area (Å²) in [5.41, 5.74) is -4.32. The first-order valence-corrected chi connectivity index (χ1v) is 20.5. The molecule has 5 heterocycles. The summed E-state index contributed by atoms with van der Waals surface area (Å²) in [5, 5.41) is 23.4. The SMILES string of the molecule is C.CC[C@H]1OC(=O)C(C)(F)C(=O)C[C@@H](O[C@@H]2OC(C)CC(N(C)C)C2O)[C@](C)(OC)C[C@@H](C)CN[C@H](C)[C@H]2N(CCCCn3cc(-c4ccccn4)nn3)C(=O)O[C@]12C. The van der Waals surface area contributed by atoms with Gasteiger partial charge in [0.1, 0.15) is 17.9 Å². The van der Waals surface area contributed by atoms with Gasteiger partial charge in [0.15, 0.2) is 17.7 Å². The van der Waals surface area contributed by atoms with E-state index in [1.807, 2.05) is 64.2 Å². The lowest BCUT2D eigenvalue weighted by Crippen LogP contribution is -2.61. The predicted octanol–water partition coefficient (Wildman–Crippen LogP) is 4.58. The number of halogens is 1. The average molecular weight is 834 g/mol. The number of rotatable bonds is 11. The van der Waals surface area contributed by atoms with Crippen molar-refractivity contribution in [2.45, 2.75) is 167 Å². The standard InChI is InChI=1S/C41H64FN7O9.CH4/c1-11-32-41(7)35(49(38(53)58-41)19-15-14-18-48-24-29(45-46-48)28-16-12-13-17-43-28)27(4)44-23-25(2)22-39(5,54-10)33(21-31(50)40(6,42)37(52)57-32)56-36-34(51)30(47(8)9)20-26(3)55-36;/h12-13,16-17,24-27,30,32-36,44,51H,11,14-15,18-23H2,1-10H3;1H4/t25-,26?,27-,30?,32-,33-,34?,35-,36+,39-,40?,41-;/m1./s1. The molecule has 5 rings (SSSR count). The maximum atomic E-state index is 16.7. The van der Waals surface area contributed by atoms with Gasteiger partial charge < -0.3 is 39.0 Å². The van der Waals surface area contributed by atoms with Crippen molar-refractivity contribution in [1.82, 2.24) is 35.1 Å². The van der Waals surface area contributed by atoms with Crippen molar-refractivity contribution in [3.63, 3.8) is 0 Å². The number of nitrogens with zero attached hydrogens (tertiary/aromatic N) is 6. The molecule has 332 valence electrons. The number of aliphatic hydroxyl groups is 1. The van der Waals surface area contributed by atoms with Gasteiger partial charge in [0, 0.05) is 44.9 Å². The number of nitrogens with one attached hydrogen (secondary N) is 1. The van der Waals surface area contributed by atoms with Gasteiger partial charge >= 0.3 is 12.1 Å².